The highest BCUT2D eigenvalue weighted by molar-refractivity contribution is 4.69. The molecule has 3 nitrogen and oxygen atoms in total. The quantitative estimate of drug-likeness (QED) is 0.646. The minimum atomic E-state index is 0.326. The zero-order valence-electron chi connectivity index (χ0n) is 7.25. The van der Waals surface area contributed by atoms with Crippen molar-refractivity contribution in [1.29, 1.82) is 0 Å². The van der Waals surface area contributed by atoms with Gasteiger partial charge in [0.15, 0.2) is 0 Å². The van der Waals surface area contributed by atoms with Crippen LogP contribution in [0.4, 0.5) is 0 Å². The van der Waals surface area contributed by atoms with Crippen LogP contribution in [0.3, 0.4) is 0 Å². The summed E-state index contributed by atoms with van der Waals surface area (Å²) in [6, 6.07) is 0. The van der Waals surface area contributed by atoms with Crippen molar-refractivity contribution in [3.05, 3.63) is 0 Å². The van der Waals surface area contributed by atoms with E-state index in [1.807, 2.05) is 0 Å². The fourth-order valence-electron chi connectivity index (χ4n) is 1.65. The van der Waals surface area contributed by atoms with Gasteiger partial charge in [0.1, 0.15) is 6.23 Å². The number of ether oxygens (including phenoxy) is 1. The maximum absolute atomic E-state index is 5.48. The highest BCUT2D eigenvalue weighted by Crippen LogP contribution is 2.16. The molecule has 0 spiro atoms. The van der Waals surface area contributed by atoms with Crippen LogP contribution in [-0.2, 0) is 4.74 Å². The molecule has 0 aliphatic carbocycles. The first-order valence-electron chi connectivity index (χ1n) is 4.35. The summed E-state index contributed by atoms with van der Waals surface area (Å²) in [5.74, 6) is 0. The Kier molecular flexibility index (Phi) is 3.83. The molecule has 0 bridgehead atoms. The molecular formula is C8H18N2O. The van der Waals surface area contributed by atoms with Crippen molar-refractivity contribution in [2.75, 3.05) is 26.7 Å². The van der Waals surface area contributed by atoms with Crippen LogP contribution in [0.15, 0.2) is 0 Å². The molecule has 2 N–H and O–H groups in total. The van der Waals surface area contributed by atoms with Crippen molar-refractivity contribution in [2.45, 2.75) is 25.5 Å². The van der Waals surface area contributed by atoms with E-state index in [2.05, 4.69) is 4.90 Å². The van der Waals surface area contributed by atoms with E-state index in [9.17, 15) is 0 Å². The third kappa shape index (κ3) is 2.43. The predicted molar refractivity (Wildman–Crippen MR) is 45.3 cm³/mol. The topological polar surface area (TPSA) is 38.5 Å². The smallest absolute Gasteiger partial charge is 0.110 e. The monoisotopic (exact) mass is 158 g/mol. The molecule has 11 heavy (non-hydrogen) atoms. The number of piperidine rings is 1. The molecule has 1 atom stereocenters. The minimum absolute atomic E-state index is 0.326. The van der Waals surface area contributed by atoms with Gasteiger partial charge in [0.2, 0.25) is 0 Å². The van der Waals surface area contributed by atoms with Crippen LogP contribution in [-0.4, -0.2) is 37.9 Å². The maximum atomic E-state index is 5.48. The van der Waals surface area contributed by atoms with Crippen molar-refractivity contribution >= 4 is 0 Å². The van der Waals surface area contributed by atoms with Crippen LogP contribution in [0.25, 0.3) is 0 Å². The summed E-state index contributed by atoms with van der Waals surface area (Å²) in [5.41, 5.74) is 5.48. The number of likely N-dealkylation sites (tertiary alicyclic amines) is 1. The summed E-state index contributed by atoms with van der Waals surface area (Å²) in [7, 11) is 1.78. The summed E-state index contributed by atoms with van der Waals surface area (Å²) in [5, 5.41) is 0. The second-order valence-electron chi connectivity index (χ2n) is 3.01. The summed E-state index contributed by atoms with van der Waals surface area (Å²) in [6.45, 7) is 2.86. The average molecular weight is 158 g/mol. The zero-order valence-corrected chi connectivity index (χ0v) is 7.25. The maximum Gasteiger partial charge on any atom is 0.110 e. The largest absolute Gasteiger partial charge is 0.366 e. The number of nitrogens with two attached hydrogens (primary N) is 1. The van der Waals surface area contributed by atoms with Crippen LogP contribution in [0.2, 0.25) is 0 Å². The lowest BCUT2D eigenvalue weighted by Gasteiger charge is -2.33. The molecule has 1 heterocycles. The molecule has 1 saturated heterocycles. The van der Waals surface area contributed by atoms with Crippen molar-refractivity contribution in [3.8, 4) is 0 Å². The Morgan fingerprint density at radius 3 is 3.00 bits per heavy atom. The Labute approximate surface area is 68.5 Å². The normalized spacial score (nSPS) is 27.3. The van der Waals surface area contributed by atoms with E-state index < -0.39 is 0 Å². The van der Waals surface area contributed by atoms with Gasteiger partial charge in [-0.05, 0) is 19.3 Å². The lowest BCUT2D eigenvalue weighted by atomic mass is 10.1. The lowest BCUT2D eigenvalue weighted by molar-refractivity contribution is -0.0534. The Morgan fingerprint density at radius 2 is 2.36 bits per heavy atom. The van der Waals surface area contributed by atoms with E-state index in [-0.39, 0.29) is 0 Å². The molecule has 0 aromatic heterocycles. The Morgan fingerprint density at radius 1 is 1.55 bits per heavy atom. The standard InChI is InChI=1S/C8H18N2O/c1-11-8-4-2-3-6-10(8)7-5-9/h8H,2-7,9H2,1H3. The van der Waals surface area contributed by atoms with Gasteiger partial charge < -0.3 is 10.5 Å². The Bertz CT molecular complexity index is 106. The van der Waals surface area contributed by atoms with Crippen LogP contribution < -0.4 is 5.73 Å². The third-order valence-electron chi connectivity index (χ3n) is 2.24. The van der Waals surface area contributed by atoms with Gasteiger partial charge in [0.25, 0.3) is 0 Å². The zero-order chi connectivity index (χ0) is 8.10. The number of rotatable bonds is 3. The van der Waals surface area contributed by atoms with Crippen LogP contribution in [0.5, 0.6) is 0 Å². The fraction of sp³-hybridized carbons (Fsp3) is 1.00. The van der Waals surface area contributed by atoms with Gasteiger partial charge in [-0.1, -0.05) is 0 Å². The van der Waals surface area contributed by atoms with E-state index in [1.54, 1.807) is 7.11 Å². The molecule has 0 amide bonds. The SMILES string of the molecule is COC1CCCCN1CCN. The van der Waals surface area contributed by atoms with Gasteiger partial charge in [-0.15, -0.1) is 0 Å². The highest BCUT2D eigenvalue weighted by Gasteiger charge is 2.20. The van der Waals surface area contributed by atoms with Crippen molar-refractivity contribution in [1.82, 2.24) is 4.90 Å². The van der Waals surface area contributed by atoms with E-state index >= 15 is 0 Å². The van der Waals surface area contributed by atoms with Gasteiger partial charge in [-0.2, -0.15) is 0 Å². The molecule has 1 unspecified atom stereocenters. The molecular weight excluding hydrogens is 140 g/mol. The molecule has 0 radical (unpaired) electrons. The van der Waals surface area contributed by atoms with Crippen LogP contribution in [0.1, 0.15) is 19.3 Å². The molecule has 66 valence electrons. The van der Waals surface area contributed by atoms with Crippen molar-refractivity contribution in [2.24, 2.45) is 5.73 Å². The summed E-state index contributed by atoms with van der Waals surface area (Å²) in [4.78, 5) is 2.32. The van der Waals surface area contributed by atoms with Gasteiger partial charge in [0.05, 0.1) is 0 Å². The predicted octanol–water partition coefficient (Wildman–Crippen LogP) is 0.404. The Hall–Kier alpha value is -0.120. The van der Waals surface area contributed by atoms with Crippen LogP contribution >= 0.6 is 0 Å². The van der Waals surface area contributed by atoms with Gasteiger partial charge in [-0.3, -0.25) is 4.90 Å². The molecule has 1 aliphatic heterocycles. The van der Waals surface area contributed by atoms with Gasteiger partial charge in [-0.25, -0.2) is 0 Å². The molecule has 0 saturated carbocycles. The molecule has 1 rings (SSSR count). The second kappa shape index (κ2) is 4.70. The number of hydrogen-bond donors (Lipinski definition) is 1. The average Bonchev–Trinajstić information content (AvgIpc) is 2.06. The van der Waals surface area contributed by atoms with Crippen molar-refractivity contribution < 1.29 is 4.74 Å². The van der Waals surface area contributed by atoms with Crippen LogP contribution in [0, 0.1) is 0 Å². The summed E-state index contributed by atoms with van der Waals surface area (Å²) in [6.07, 6.45) is 4.07. The summed E-state index contributed by atoms with van der Waals surface area (Å²) >= 11 is 0. The fourth-order valence-corrected chi connectivity index (χ4v) is 1.65. The molecule has 0 aromatic rings. The first-order chi connectivity index (χ1) is 5.38. The second-order valence-corrected chi connectivity index (χ2v) is 3.01. The molecule has 3 heteroatoms. The van der Waals surface area contributed by atoms with Gasteiger partial charge in [0, 0.05) is 26.7 Å². The van der Waals surface area contributed by atoms with E-state index in [4.69, 9.17) is 10.5 Å². The third-order valence-corrected chi connectivity index (χ3v) is 2.24. The molecule has 1 aliphatic rings. The van der Waals surface area contributed by atoms with E-state index in [0.29, 0.717) is 6.23 Å². The first kappa shape index (κ1) is 8.97. The summed E-state index contributed by atoms with van der Waals surface area (Å²) < 4.78 is 5.33. The van der Waals surface area contributed by atoms with Crippen molar-refractivity contribution in [3.63, 3.8) is 0 Å². The molecule has 1 fully saturated rings. The Balaban J connectivity index is 2.31. The minimum Gasteiger partial charge on any atom is -0.366 e. The first-order valence-corrected chi connectivity index (χ1v) is 4.35. The lowest BCUT2D eigenvalue weighted by Crippen LogP contribution is -2.43. The van der Waals surface area contributed by atoms with E-state index in [0.717, 1.165) is 26.1 Å². The molecule has 0 aromatic carbocycles. The number of hydrogen-bond acceptors (Lipinski definition) is 3. The number of methoxy groups -OCH3 is 1. The highest BCUT2D eigenvalue weighted by atomic mass is 16.5. The number of nitrogens with zero attached hydrogens (tertiary/aromatic N) is 1. The van der Waals surface area contributed by atoms with Gasteiger partial charge >= 0.3 is 0 Å². The van der Waals surface area contributed by atoms with E-state index in [1.165, 1.54) is 12.8 Å².